The molecule has 0 saturated heterocycles. The number of halogens is 5. The molecule has 0 atom stereocenters. The SMILES string of the molecule is CCOCc1cccc(C2CCC(C(F)(F)F)CC2)c1OC(F)F. The van der Waals surface area contributed by atoms with Gasteiger partial charge in [0, 0.05) is 12.2 Å². The van der Waals surface area contributed by atoms with Gasteiger partial charge in [0.2, 0.25) is 0 Å². The average molecular weight is 352 g/mol. The maximum Gasteiger partial charge on any atom is 0.391 e. The van der Waals surface area contributed by atoms with Crippen LogP contribution in [0.5, 0.6) is 5.75 Å². The summed E-state index contributed by atoms with van der Waals surface area (Å²) in [7, 11) is 0. The molecule has 0 aromatic heterocycles. The minimum atomic E-state index is -4.19. The Morgan fingerprint density at radius 2 is 1.79 bits per heavy atom. The van der Waals surface area contributed by atoms with Gasteiger partial charge in [-0.3, -0.25) is 0 Å². The number of benzene rings is 1. The average Bonchev–Trinajstić information content (AvgIpc) is 2.52. The molecule has 136 valence electrons. The molecule has 0 bridgehead atoms. The molecular weight excluding hydrogens is 331 g/mol. The van der Waals surface area contributed by atoms with E-state index in [2.05, 4.69) is 4.74 Å². The van der Waals surface area contributed by atoms with E-state index in [0.717, 1.165) is 0 Å². The molecule has 1 aromatic carbocycles. The minimum Gasteiger partial charge on any atom is -0.434 e. The van der Waals surface area contributed by atoms with Gasteiger partial charge in [0.1, 0.15) is 5.75 Å². The topological polar surface area (TPSA) is 18.5 Å². The number of hydrogen-bond donors (Lipinski definition) is 0. The summed E-state index contributed by atoms with van der Waals surface area (Å²) in [6.07, 6.45) is -3.55. The standard InChI is InChI=1S/C17H21F5O2/c1-2-23-10-12-4-3-5-14(15(12)24-16(18)19)11-6-8-13(9-7-11)17(20,21)22/h3-5,11,13,16H,2,6-10H2,1H3. The van der Waals surface area contributed by atoms with E-state index in [9.17, 15) is 22.0 Å². The zero-order valence-electron chi connectivity index (χ0n) is 13.4. The monoisotopic (exact) mass is 352 g/mol. The molecule has 0 unspecified atom stereocenters. The van der Waals surface area contributed by atoms with Gasteiger partial charge in [-0.25, -0.2) is 0 Å². The lowest BCUT2D eigenvalue weighted by Gasteiger charge is -2.31. The predicted molar refractivity (Wildman–Crippen MR) is 79.2 cm³/mol. The molecular formula is C17H21F5O2. The highest BCUT2D eigenvalue weighted by molar-refractivity contribution is 5.43. The van der Waals surface area contributed by atoms with E-state index >= 15 is 0 Å². The third-order valence-electron chi connectivity index (χ3n) is 4.43. The summed E-state index contributed by atoms with van der Waals surface area (Å²) in [5.74, 6) is -1.46. The second kappa shape index (κ2) is 8.14. The lowest BCUT2D eigenvalue weighted by atomic mass is 9.78. The van der Waals surface area contributed by atoms with Crippen LogP contribution >= 0.6 is 0 Å². The summed E-state index contributed by atoms with van der Waals surface area (Å²) in [5, 5.41) is 0. The van der Waals surface area contributed by atoms with Gasteiger partial charge in [0.15, 0.2) is 0 Å². The van der Waals surface area contributed by atoms with Crippen LogP contribution in [0.1, 0.15) is 49.7 Å². The van der Waals surface area contributed by atoms with Crippen molar-refractivity contribution in [2.24, 2.45) is 5.92 Å². The Kier molecular flexibility index (Phi) is 6.43. The number of para-hydroxylation sites is 1. The van der Waals surface area contributed by atoms with Gasteiger partial charge in [0.25, 0.3) is 0 Å². The maximum absolute atomic E-state index is 12.8. The molecule has 1 aliphatic carbocycles. The van der Waals surface area contributed by atoms with Crippen LogP contribution in [0, 0.1) is 5.92 Å². The first kappa shape index (κ1) is 19.0. The summed E-state index contributed by atoms with van der Waals surface area (Å²) in [6.45, 7) is -0.645. The first-order valence-corrected chi connectivity index (χ1v) is 8.04. The molecule has 1 aromatic rings. The quantitative estimate of drug-likeness (QED) is 0.615. The molecule has 0 N–H and O–H groups in total. The third kappa shape index (κ3) is 4.82. The zero-order chi connectivity index (χ0) is 17.7. The molecule has 0 amide bonds. The highest BCUT2D eigenvalue weighted by Gasteiger charge is 2.42. The van der Waals surface area contributed by atoms with E-state index in [4.69, 9.17) is 4.74 Å². The van der Waals surface area contributed by atoms with Crippen LogP contribution in [0.2, 0.25) is 0 Å². The number of hydrogen-bond acceptors (Lipinski definition) is 2. The van der Waals surface area contributed by atoms with Crippen LogP contribution in [-0.4, -0.2) is 19.4 Å². The zero-order valence-corrected chi connectivity index (χ0v) is 13.4. The van der Waals surface area contributed by atoms with Crippen molar-refractivity contribution in [3.8, 4) is 5.75 Å². The van der Waals surface area contributed by atoms with Gasteiger partial charge in [-0.15, -0.1) is 0 Å². The van der Waals surface area contributed by atoms with Crippen molar-refractivity contribution in [2.75, 3.05) is 6.61 Å². The Labute approximate surface area is 137 Å². The lowest BCUT2D eigenvalue weighted by Crippen LogP contribution is -2.27. The third-order valence-corrected chi connectivity index (χ3v) is 4.43. The van der Waals surface area contributed by atoms with Crippen molar-refractivity contribution in [2.45, 2.75) is 57.9 Å². The van der Waals surface area contributed by atoms with E-state index in [1.165, 1.54) is 0 Å². The fourth-order valence-corrected chi connectivity index (χ4v) is 3.22. The first-order valence-electron chi connectivity index (χ1n) is 8.04. The summed E-state index contributed by atoms with van der Waals surface area (Å²) >= 11 is 0. The van der Waals surface area contributed by atoms with Crippen LogP contribution in [0.3, 0.4) is 0 Å². The number of alkyl halides is 5. The molecule has 0 radical (unpaired) electrons. The van der Waals surface area contributed by atoms with Crippen LogP contribution in [0.15, 0.2) is 18.2 Å². The molecule has 1 fully saturated rings. The smallest absolute Gasteiger partial charge is 0.391 e. The Balaban J connectivity index is 2.20. The van der Waals surface area contributed by atoms with Gasteiger partial charge in [-0.1, -0.05) is 18.2 Å². The highest BCUT2D eigenvalue weighted by atomic mass is 19.4. The van der Waals surface area contributed by atoms with Gasteiger partial charge in [-0.2, -0.15) is 22.0 Å². The molecule has 0 heterocycles. The molecule has 2 nitrogen and oxygen atoms in total. The van der Waals surface area contributed by atoms with Crippen molar-refractivity contribution >= 4 is 0 Å². The first-order chi connectivity index (χ1) is 11.3. The lowest BCUT2D eigenvalue weighted by molar-refractivity contribution is -0.182. The second-order valence-corrected chi connectivity index (χ2v) is 5.94. The van der Waals surface area contributed by atoms with Gasteiger partial charge < -0.3 is 9.47 Å². The predicted octanol–water partition coefficient (Wildman–Crippen LogP) is 5.66. The Morgan fingerprint density at radius 1 is 1.12 bits per heavy atom. The van der Waals surface area contributed by atoms with Crippen LogP contribution in [0.25, 0.3) is 0 Å². The van der Waals surface area contributed by atoms with Crippen molar-refractivity contribution < 1.29 is 31.4 Å². The molecule has 24 heavy (non-hydrogen) atoms. The normalized spacial score (nSPS) is 22.0. The summed E-state index contributed by atoms with van der Waals surface area (Å²) in [5.41, 5.74) is 1.04. The minimum absolute atomic E-state index is 0.0119. The molecule has 0 spiro atoms. The van der Waals surface area contributed by atoms with E-state index in [1.54, 1.807) is 25.1 Å². The summed E-state index contributed by atoms with van der Waals surface area (Å²) in [4.78, 5) is 0. The van der Waals surface area contributed by atoms with E-state index in [-0.39, 0.29) is 31.1 Å². The van der Waals surface area contributed by atoms with Gasteiger partial charge >= 0.3 is 12.8 Å². The molecule has 1 aliphatic rings. The molecule has 7 heteroatoms. The largest absolute Gasteiger partial charge is 0.434 e. The molecule has 1 saturated carbocycles. The summed E-state index contributed by atoms with van der Waals surface area (Å²) in [6, 6.07) is 5.00. The number of ether oxygens (including phenoxy) is 2. The van der Waals surface area contributed by atoms with Crippen molar-refractivity contribution in [3.05, 3.63) is 29.3 Å². The van der Waals surface area contributed by atoms with Crippen LogP contribution in [-0.2, 0) is 11.3 Å². The fourth-order valence-electron chi connectivity index (χ4n) is 3.22. The molecule has 2 rings (SSSR count). The molecule has 0 aliphatic heterocycles. The summed E-state index contributed by atoms with van der Waals surface area (Å²) < 4.78 is 73.9. The van der Waals surface area contributed by atoms with Crippen molar-refractivity contribution in [1.29, 1.82) is 0 Å². The van der Waals surface area contributed by atoms with Crippen molar-refractivity contribution in [3.63, 3.8) is 0 Å². The highest BCUT2D eigenvalue weighted by Crippen LogP contribution is 2.45. The van der Waals surface area contributed by atoms with E-state index in [0.29, 0.717) is 30.6 Å². The van der Waals surface area contributed by atoms with Crippen molar-refractivity contribution in [1.82, 2.24) is 0 Å². The van der Waals surface area contributed by atoms with Crippen LogP contribution < -0.4 is 4.74 Å². The van der Waals surface area contributed by atoms with Gasteiger partial charge in [0.05, 0.1) is 12.5 Å². The van der Waals surface area contributed by atoms with E-state index < -0.39 is 18.7 Å². The van der Waals surface area contributed by atoms with E-state index in [1.807, 2.05) is 0 Å². The fraction of sp³-hybridized carbons (Fsp3) is 0.647. The Morgan fingerprint density at radius 3 is 2.33 bits per heavy atom. The Bertz CT molecular complexity index is 522. The maximum atomic E-state index is 12.8. The van der Waals surface area contributed by atoms with Gasteiger partial charge in [-0.05, 0) is 44.1 Å². The number of rotatable bonds is 6. The Hall–Kier alpha value is -1.37. The second-order valence-electron chi connectivity index (χ2n) is 5.94. The van der Waals surface area contributed by atoms with Crippen LogP contribution in [0.4, 0.5) is 22.0 Å².